The third-order valence-electron chi connectivity index (χ3n) is 24.4. The SMILES string of the molecule is CC[C@H](C)[C@@H]1NC(=O)[C@H](CC)N(C)C(=O)C[C@@H](C(=O)N(C)C)N(C)C(=O)[C@H](C2CCCC2)N(C)C(=O)C2(CCCC2)NC(=O)[C@@H]2CCCN2C(=O)[C@H](CCC2CC(F)C(C(F)(F)F)C(F)C2)NC(=O)CN(C)C(=O)[C@H](CC2CCC(C(F)(F)F)CC2)N2CC(C)[C@@H](C)C[C@@H](C2=O)N(C)C(=O)CN(C)C1=O. The lowest BCUT2D eigenvalue weighted by atomic mass is 9.76. The van der Waals surface area contributed by atoms with Gasteiger partial charge in [0.25, 0.3) is 0 Å². The number of nitrogens with one attached hydrogen (secondary N) is 3. The van der Waals surface area contributed by atoms with Gasteiger partial charge in [-0.2, -0.15) is 26.3 Å². The van der Waals surface area contributed by atoms with Crippen LogP contribution in [0.4, 0.5) is 35.1 Å². The molecule has 3 saturated heterocycles. The molecule has 7 rings (SSSR count). The fourth-order valence-corrected chi connectivity index (χ4v) is 17.3. The van der Waals surface area contributed by atoms with Crippen molar-refractivity contribution in [2.45, 2.75) is 261 Å². The number of carbonyl (C=O) groups excluding carboxylic acids is 12. The molecular formula is C73H114F8N12O12. The van der Waals surface area contributed by atoms with Crippen LogP contribution in [0.2, 0.25) is 0 Å². The highest BCUT2D eigenvalue weighted by Gasteiger charge is 2.56. The summed E-state index contributed by atoms with van der Waals surface area (Å²) in [7, 11) is 10.9. The summed E-state index contributed by atoms with van der Waals surface area (Å²) < 4.78 is 115. The van der Waals surface area contributed by atoms with E-state index in [9.17, 15) is 55.1 Å². The number of halogens is 8. The monoisotopic (exact) mass is 1500 g/mol. The lowest BCUT2D eigenvalue weighted by Gasteiger charge is -2.42. The Morgan fingerprint density at radius 1 is 0.590 bits per heavy atom. The van der Waals surface area contributed by atoms with Crippen LogP contribution < -0.4 is 16.0 Å². The number of amides is 12. The molecule has 1 spiro atoms. The molecule has 3 heterocycles. The maximum atomic E-state index is 15.5. The molecular weight excluding hydrogens is 1390 g/mol. The largest absolute Gasteiger partial charge is 0.397 e. The van der Waals surface area contributed by atoms with Crippen LogP contribution in [-0.2, 0) is 57.5 Å². The molecule has 3 aliphatic heterocycles. The standard InChI is InChI=1S/C73H114F8N12O12/c1-14-41(3)60-68(103)87(9)40-58(96)89(11)53-33-42(4)43(5)38-93(67(53)102)55(36-44-24-27-47(28-25-44)72(76,77)78)66(101)86(8)39-56(94)82-50(29-26-45-34-48(74)59(49(75)35-45)73(79,80)81)64(99)92-32-20-23-52(92)63(98)84-71(30-18-19-31-71)70(105)91(13)61(46-21-16-17-22-46)69(104)90(12)54(65(100)85(6)7)37-57(95)88(10)51(15-2)62(97)83-60/h41-55,59-61H,14-40H2,1-13H3,(H,82,94)(H,83,97)(H,84,98)/t41-,42-,43?,44?,45?,47?,48?,49?,50-,51-,52-,53-,54-,55-,59?,60-,61-/m0/s1. The van der Waals surface area contributed by atoms with Crippen molar-refractivity contribution >= 4 is 70.9 Å². The van der Waals surface area contributed by atoms with E-state index in [0.717, 1.165) is 24.5 Å². The van der Waals surface area contributed by atoms with Gasteiger partial charge in [-0.1, -0.05) is 66.7 Å². The van der Waals surface area contributed by atoms with Crippen LogP contribution in [0.25, 0.3) is 0 Å². The van der Waals surface area contributed by atoms with Gasteiger partial charge >= 0.3 is 12.4 Å². The molecule has 4 saturated carbocycles. The van der Waals surface area contributed by atoms with Crippen LogP contribution in [0.3, 0.4) is 0 Å². The van der Waals surface area contributed by atoms with Crippen molar-refractivity contribution in [2.75, 3.05) is 82.6 Å². The molecule has 32 heteroatoms. The van der Waals surface area contributed by atoms with Crippen molar-refractivity contribution in [1.82, 2.24) is 60.0 Å². The summed E-state index contributed by atoms with van der Waals surface area (Å²) in [5, 5.41) is 8.43. The van der Waals surface area contributed by atoms with Crippen molar-refractivity contribution in [2.24, 2.45) is 47.3 Å². The molecule has 12 amide bonds. The number of carbonyl (C=O) groups is 12. The lowest BCUT2D eigenvalue weighted by Crippen LogP contribution is -2.65. The zero-order valence-corrected chi connectivity index (χ0v) is 63.4. The second-order valence-electron chi connectivity index (χ2n) is 31.8. The Labute approximate surface area is 612 Å². The number of rotatable bonds is 10. The van der Waals surface area contributed by atoms with E-state index in [0.29, 0.717) is 44.9 Å². The first kappa shape index (κ1) is 85.3. The Bertz CT molecular complexity index is 3120. The van der Waals surface area contributed by atoms with Crippen molar-refractivity contribution in [1.29, 1.82) is 0 Å². The van der Waals surface area contributed by atoms with Gasteiger partial charge in [0.1, 0.15) is 72.1 Å². The highest BCUT2D eigenvalue weighted by molar-refractivity contribution is 6.01. The molecule has 24 nitrogen and oxygen atoms in total. The van der Waals surface area contributed by atoms with Gasteiger partial charge in [0.05, 0.1) is 25.4 Å². The summed E-state index contributed by atoms with van der Waals surface area (Å²) >= 11 is 0. The van der Waals surface area contributed by atoms with Crippen LogP contribution in [0.5, 0.6) is 0 Å². The van der Waals surface area contributed by atoms with E-state index in [1.54, 1.807) is 20.8 Å². The quantitative estimate of drug-likeness (QED) is 0.200. The average Bonchev–Trinajstić information content (AvgIpc) is 1.74. The maximum absolute atomic E-state index is 15.5. The predicted octanol–water partition coefficient (Wildman–Crippen LogP) is 6.42. The second kappa shape index (κ2) is 35.9. The summed E-state index contributed by atoms with van der Waals surface area (Å²) in [5.41, 5.74) is -1.66. The first-order valence-electron chi connectivity index (χ1n) is 37.8. The van der Waals surface area contributed by atoms with E-state index in [-0.39, 0.29) is 102 Å². The van der Waals surface area contributed by atoms with E-state index in [1.165, 1.54) is 76.0 Å². The van der Waals surface area contributed by atoms with Crippen LogP contribution in [0.1, 0.15) is 182 Å². The molecule has 13 atom stereocenters. The van der Waals surface area contributed by atoms with Crippen molar-refractivity contribution in [3.8, 4) is 0 Å². The number of nitrogens with zero attached hydrogens (tertiary/aromatic N) is 9. The summed E-state index contributed by atoms with van der Waals surface area (Å²) in [6, 6.07) is -11.0. The molecule has 3 N–H and O–H groups in total. The van der Waals surface area contributed by atoms with Crippen molar-refractivity contribution < 1.29 is 92.7 Å². The normalized spacial score (nSPS) is 33.1. The van der Waals surface area contributed by atoms with E-state index in [1.807, 2.05) is 13.8 Å². The molecule has 4 aliphatic carbocycles. The number of alkyl halides is 8. The molecule has 7 aliphatic rings. The first-order chi connectivity index (χ1) is 49.1. The van der Waals surface area contributed by atoms with Gasteiger partial charge in [-0.15, -0.1) is 0 Å². The number of fused-ring (bicyclic) bond motifs is 3. The Balaban J connectivity index is 1.31. The van der Waals surface area contributed by atoms with Crippen molar-refractivity contribution in [3.05, 3.63) is 0 Å². The van der Waals surface area contributed by atoms with Crippen LogP contribution in [0.15, 0.2) is 0 Å². The highest BCUT2D eigenvalue weighted by Crippen LogP contribution is 2.46. The minimum Gasteiger partial charge on any atom is -0.347 e. The zero-order chi connectivity index (χ0) is 78.2. The molecule has 105 heavy (non-hydrogen) atoms. The summed E-state index contributed by atoms with van der Waals surface area (Å²) in [4.78, 5) is 190. The highest BCUT2D eigenvalue weighted by atomic mass is 19.4. The second-order valence-corrected chi connectivity index (χ2v) is 31.8. The van der Waals surface area contributed by atoms with Gasteiger partial charge < -0.3 is 60.0 Å². The van der Waals surface area contributed by atoms with Crippen LogP contribution in [0, 0.1) is 47.3 Å². The van der Waals surface area contributed by atoms with Gasteiger partial charge in [-0.25, -0.2) is 8.78 Å². The van der Waals surface area contributed by atoms with Gasteiger partial charge in [0, 0.05) is 69.5 Å². The molecule has 2 bridgehead atoms. The molecule has 0 aromatic rings. The first-order valence-corrected chi connectivity index (χ1v) is 37.8. The van der Waals surface area contributed by atoms with Crippen LogP contribution in [-0.4, -0.2) is 276 Å². The van der Waals surface area contributed by atoms with Crippen molar-refractivity contribution in [3.63, 3.8) is 0 Å². The fraction of sp³-hybridized carbons (Fsp3) is 0.836. The van der Waals surface area contributed by atoms with E-state index in [2.05, 4.69) is 16.0 Å². The van der Waals surface area contributed by atoms with Gasteiger partial charge in [0.2, 0.25) is 70.9 Å². The number of hydrogen-bond acceptors (Lipinski definition) is 12. The third kappa shape index (κ3) is 20.1. The van der Waals surface area contributed by atoms with E-state index >= 15 is 37.5 Å². The van der Waals surface area contributed by atoms with Gasteiger partial charge in [-0.3, -0.25) is 57.5 Å². The minimum atomic E-state index is -5.20. The third-order valence-corrected chi connectivity index (χ3v) is 24.4. The summed E-state index contributed by atoms with van der Waals surface area (Å²) in [6.45, 7) is 7.12. The Morgan fingerprint density at radius 3 is 1.75 bits per heavy atom. The topological polar surface area (TPSA) is 270 Å². The fourth-order valence-electron chi connectivity index (χ4n) is 17.3. The zero-order valence-electron chi connectivity index (χ0n) is 63.4. The molecule has 0 radical (unpaired) electrons. The maximum Gasteiger partial charge on any atom is 0.397 e. The van der Waals surface area contributed by atoms with E-state index < -0.39 is 224 Å². The molecule has 3 unspecified atom stereocenters. The Hall–Kier alpha value is -6.92. The summed E-state index contributed by atoms with van der Waals surface area (Å²) in [6.07, 6.45) is -14.4. The number of hydrogen-bond donors (Lipinski definition) is 3. The Kier molecular flexibility index (Phi) is 29.1. The molecule has 0 aromatic carbocycles. The summed E-state index contributed by atoms with van der Waals surface area (Å²) in [5.74, 6) is -17.0. The molecule has 7 fully saturated rings. The minimum absolute atomic E-state index is 0.00678. The van der Waals surface area contributed by atoms with Crippen LogP contribution >= 0.6 is 0 Å². The van der Waals surface area contributed by atoms with Gasteiger partial charge in [0.15, 0.2) is 0 Å². The number of likely N-dealkylation sites (N-methyl/N-ethyl adjacent to an activating group) is 7. The smallest absolute Gasteiger partial charge is 0.347 e. The van der Waals surface area contributed by atoms with E-state index in [4.69, 9.17) is 0 Å². The average molecular weight is 1500 g/mol. The predicted molar refractivity (Wildman–Crippen MR) is 370 cm³/mol. The Morgan fingerprint density at radius 2 is 1.19 bits per heavy atom. The molecule has 594 valence electrons. The molecule has 0 aromatic heterocycles. The van der Waals surface area contributed by atoms with Gasteiger partial charge in [-0.05, 0) is 145 Å². The lowest BCUT2D eigenvalue weighted by molar-refractivity contribution is -0.219.